The largest absolute Gasteiger partial charge is 0.368 e. The van der Waals surface area contributed by atoms with Crippen LogP contribution in [0.3, 0.4) is 0 Å². The summed E-state index contributed by atoms with van der Waals surface area (Å²) >= 11 is 0. The fourth-order valence-electron chi connectivity index (χ4n) is 0.929. The number of primary amides is 1. The Balaban J connectivity index is 3.63. The minimum Gasteiger partial charge on any atom is -0.368 e. The summed E-state index contributed by atoms with van der Waals surface area (Å²) in [5, 5.41) is 2.94. The fraction of sp³-hybridized carbons (Fsp3) is 0.750. The molecule has 13 heavy (non-hydrogen) atoms. The monoisotopic (exact) mass is 187 g/mol. The van der Waals surface area contributed by atoms with Crippen LogP contribution in [0.1, 0.15) is 12.8 Å². The van der Waals surface area contributed by atoms with Gasteiger partial charge in [-0.2, -0.15) is 0 Å². The van der Waals surface area contributed by atoms with Crippen LogP contribution in [-0.4, -0.2) is 43.9 Å². The van der Waals surface area contributed by atoms with Crippen molar-refractivity contribution in [3.63, 3.8) is 0 Å². The number of hydrogen-bond acceptors (Lipinski definition) is 3. The maximum atomic E-state index is 11.2. The van der Waals surface area contributed by atoms with Crippen LogP contribution in [0.2, 0.25) is 0 Å². The summed E-state index contributed by atoms with van der Waals surface area (Å²) < 4.78 is 0. The number of carbonyl (C=O) groups is 2. The topological polar surface area (TPSA) is 75.4 Å². The zero-order valence-corrected chi connectivity index (χ0v) is 8.17. The average Bonchev–Trinajstić information content (AvgIpc) is 2.03. The molecule has 0 aliphatic heterocycles. The molecule has 0 aromatic heterocycles. The van der Waals surface area contributed by atoms with Crippen molar-refractivity contribution in [3.05, 3.63) is 0 Å². The summed E-state index contributed by atoms with van der Waals surface area (Å²) in [6.45, 7) is 0.800. The van der Waals surface area contributed by atoms with E-state index in [0.29, 0.717) is 6.42 Å². The van der Waals surface area contributed by atoms with Crippen LogP contribution in [-0.2, 0) is 9.59 Å². The maximum Gasteiger partial charge on any atom is 0.237 e. The standard InChI is InChI=1S/C8H17N3O2/c1-10-5-3-4-8(13)11(2)6-7(9)12/h10H,3-6H2,1-2H3,(H2,9,12). The summed E-state index contributed by atoms with van der Waals surface area (Å²) in [5.41, 5.74) is 4.94. The molecule has 0 aromatic rings. The van der Waals surface area contributed by atoms with E-state index in [1.807, 2.05) is 7.05 Å². The second-order valence-corrected chi connectivity index (χ2v) is 2.92. The van der Waals surface area contributed by atoms with Crippen molar-refractivity contribution < 1.29 is 9.59 Å². The molecule has 0 atom stereocenters. The molecule has 0 aromatic carbocycles. The number of carbonyl (C=O) groups excluding carboxylic acids is 2. The first kappa shape index (κ1) is 11.9. The molecule has 3 N–H and O–H groups in total. The van der Waals surface area contributed by atoms with Gasteiger partial charge in [-0.3, -0.25) is 9.59 Å². The molecule has 76 valence electrons. The number of hydrogen-bond donors (Lipinski definition) is 2. The quantitative estimate of drug-likeness (QED) is 0.520. The lowest BCUT2D eigenvalue weighted by Crippen LogP contribution is -2.35. The van der Waals surface area contributed by atoms with Crippen LogP contribution in [0.15, 0.2) is 0 Å². The Labute approximate surface area is 78.3 Å². The second kappa shape index (κ2) is 6.42. The molecule has 0 saturated heterocycles. The van der Waals surface area contributed by atoms with E-state index in [0.717, 1.165) is 13.0 Å². The van der Waals surface area contributed by atoms with Gasteiger partial charge in [0.15, 0.2) is 0 Å². The highest BCUT2D eigenvalue weighted by atomic mass is 16.2. The normalized spacial score (nSPS) is 9.69. The third-order valence-electron chi connectivity index (χ3n) is 1.64. The van der Waals surface area contributed by atoms with E-state index in [1.165, 1.54) is 4.90 Å². The van der Waals surface area contributed by atoms with Crippen molar-refractivity contribution in [1.82, 2.24) is 10.2 Å². The highest BCUT2D eigenvalue weighted by Gasteiger charge is 2.09. The number of rotatable bonds is 6. The van der Waals surface area contributed by atoms with Crippen LogP contribution in [0, 0.1) is 0 Å². The maximum absolute atomic E-state index is 11.2. The molecule has 0 unspecified atom stereocenters. The lowest BCUT2D eigenvalue weighted by molar-refractivity contribution is -0.133. The second-order valence-electron chi connectivity index (χ2n) is 2.92. The molecule has 0 heterocycles. The van der Waals surface area contributed by atoms with Crippen molar-refractivity contribution in [1.29, 1.82) is 0 Å². The van der Waals surface area contributed by atoms with Crippen LogP contribution >= 0.6 is 0 Å². The van der Waals surface area contributed by atoms with Crippen LogP contribution in [0.25, 0.3) is 0 Å². The number of amides is 2. The third-order valence-corrected chi connectivity index (χ3v) is 1.64. The summed E-state index contributed by atoms with van der Waals surface area (Å²) in [4.78, 5) is 23.0. The predicted octanol–water partition coefficient (Wildman–Crippen LogP) is -1.07. The zero-order valence-electron chi connectivity index (χ0n) is 8.17. The van der Waals surface area contributed by atoms with Crippen LogP contribution in [0.4, 0.5) is 0 Å². The van der Waals surface area contributed by atoms with Gasteiger partial charge in [0.05, 0.1) is 6.54 Å². The molecule has 0 bridgehead atoms. The van der Waals surface area contributed by atoms with Crippen molar-refractivity contribution in [2.75, 3.05) is 27.2 Å². The fourth-order valence-corrected chi connectivity index (χ4v) is 0.929. The molecule has 2 amide bonds. The summed E-state index contributed by atoms with van der Waals surface area (Å²) in [7, 11) is 3.41. The molecule has 0 aliphatic carbocycles. The smallest absolute Gasteiger partial charge is 0.237 e. The van der Waals surface area contributed by atoms with Crippen molar-refractivity contribution in [2.24, 2.45) is 5.73 Å². The van der Waals surface area contributed by atoms with Gasteiger partial charge in [-0.05, 0) is 20.0 Å². The summed E-state index contributed by atoms with van der Waals surface area (Å²) in [6, 6.07) is 0. The Morgan fingerprint density at radius 3 is 2.54 bits per heavy atom. The van der Waals surface area contributed by atoms with Gasteiger partial charge in [0.25, 0.3) is 0 Å². The Morgan fingerprint density at radius 2 is 2.08 bits per heavy atom. The number of likely N-dealkylation sites (N-methyl/N-ethyl adjacent to an activating group) is 1. The van der Waals surface area contributed by atoms with Crippen molar-refractivity contribution in [3.8, 4) is 0 Å². The molecule has 0 spiro atoms. The Hall–Kier alpha value is -1.10. The van der Waals surface area contributed by atoms with E-state index >= 15 is 0 Å². The molecular weight excluding hydrogens is 170 g/mol. The minimum atomic E-state index is -0.482. The molecule has 0 fully saturated rings. The molecule has 0 saturated carbocycles. The van der Waals surface area contributed by atoms with Gasteiger partial charge in [-0.25, -0.2) is 0 Å². The molecule has 5 heteroatoms. The van der Waals surface area contributed by atoms with Crippen molar-refractivity contribution in [2.45, 2.75) is 12.8 Å². The highest BCUT2D eigenvalue weighted by molar-refractivity contribution is 5.83. The Kier molecular flexibility index (Phi) is 5.88. The van der Waals surface area contributed by atoms with Gasteiger partial charge in [0.2, 0.25) is 11.8 Å². The summed E-state index contributed by atoms with van der Waals surface area (Å²) in [6.07, 6.45) is 1.23. The van der Waals surface area contributed by atoms with Crippen LogP contribution < -0.4 is 11.1 Å². The van der Waals surface area contributed by atoms with E-state index in [2.05, 4.69) is 5.32 Å². The molecule has 0 radical (unpaired) electrons. The van der Waals surface area contributed by atoms with Gasteiger partial charge < -0.3 is 16.0 Å². The van der Waals surface area contributed by atoms with Gasteiger partial charge in [-0.15, -0.1) is 0 Å². The van der Waals surface area contributed by atoms with E-state index in [4.69, 9.17) is 5.73 Å². The van der Waals surface area contributed by atoms with Gasteiger partial charge in [0, 0.05) is 13.5 Å². The van der Waals surface area contributed by atoms with Gasteiger partial charge >= 0.3 is 0 Å². The lowest BCUT2D eigenvalue weighted by atomic mass is 10.3. The zero-order chi connectivity index (χ0) is 10.3. The molecule has 0 rings (SSSR count). The first-order valence-corrected chi connectivity index (χ1v) is 4.24. The van der Waals surface area contributed by atoms with E-state index in [9.17, 15) is 9.59 Å². The number of nitrogens with two attached hydrogens (primary N) is 1. The van der Waals surface area contributed by atoms with Crippen LogP contribution in [0.5, 0.6) is 0 Å². The van der Waals surface area contributed by atoms with Crippen molar-refractivity contribution >= 4 is 11.8 Å². The molecular formula is C8H17N3O2. The van der Waals surface area contributed by atoms with Gasteiger partial charge in [-0.1, -0.05) is 0 Å². The first-order chi connectivity index (χ1) is 6.07. The minimum absolute atomic E-state index is 0.00160. The molecule has 5 nitrogen and oxygen atoms in total. The lowest BCUT2D eigenvalue weighted by Gasteiger charge is -2.14. The Morgan fingerprint density at radius 1 is 1.46 bits per heavy atom. The summed E-state index contributed by atoms with van der Waals surface area (Å²) in [5.74, 6) is -0.529. The first-order valence-electron chi connectivity index (χ1n) is 4.24. The number of nitrogens with one attached hydrogen (secondary N) is 1. The SMILES string of the molecule is CNCCCC(=O)N(C)CC(N)=O. The molecule has 0 aliphatic rings. The average molecular weight is 187 g/mol. The van der Waals surface area contributed by atoms with E-state index in [-0.39, 0.29) is 12.5 Å². The van der Waals surface area contributed by atoms with Gasteiger partial charge in [0.1, 0.15) is 0 Å². The number of nitrogens with zero attached hydrogens (tertiary/aromatic N) is 1. The van der Waals surface area contributed by atoms with E-state index in [1.54, 1.807) is 7.05 Å². The highest BCUT2D eigenvalue weighted by Crippen LogP contribution is 1.93. The van der Waals surface area contributed by atoms with E-state index < -0.39 is 5.91 Å². The Bertz CT molecular complexity index is 182. The predicted molar refractivity (Wildman–Crippen MR) is 50.0 cm³/mol. The third kappa shape index (κ3) is 6.10.